The van der Waals surface area contributed by atoms with Gasteiger partial charge in [0, 0.05) is 18.3 Å². The number of nitrogens with two attached hydrogens (primary N) is 1. The lowest BCUT2D eigenvalue weighted by Crippen LogP contribution is -2.44. The Morgan fingerprint density at radius 1 is 1.44 bits per heavy atom. The molecule has 1 aliphatic heterocycles. The zero-order valence-electron chi connectivity index (χ0n) is 10.2. The van der Waals surface area contributed by atoms with Crippen LogP contribution in [0.1, 0.15) is 25.5 Å². The average molecular weight is 219 g/mol. The molecule has 1 fully saturated rings. The lowest BCUT2D eigenvalue weighted by molar-refractivity contribution is 0.372. The molecule has 1 saturated heterocycles. The van der Waals surface area contributed by atoms with Gasteiger partial charge in [0.2, 0.25) is 0 Å². The van der Waals surface area contributed by atoms with E-state index >= 15 is 0 Å². The van der Waals surface area contributed by atoms with Crippen molar-refractivity contribution in [2.45, 2.75) is 32.7 Å². The number of piperidine rings is 1. The fourth-order valence-electron chi connectivity index (χ4n) is 2.38. The smallest absolute Gasteiger partial charge is 0.129 e. The maximum Gasteiger partial charge on any atom is 0.129 e. The molecule has 1 aromatic rings. The Kier molecular flexibility index (Phi) is 3.44. The molecule has 2 rings (SSSR count). The van der Waals surface area contributed by atoms with E-state index in [-0.39, 0.29) is 0 Å². The minimum absolute atomic E-state index is 0.581. The predicted octanol–water partition coefficient (Wildman–Crippen LogP) is 1.95. The summed E-state index contributed by atoms with van der Waals surface area (Å²) in [6.07, 6.45) is 2.47. The molecular weight excluding hydrogens is 198 g/mol. The van der Waals surface area contributed by atoms with Gasteiger partial charge in [-0.3, -0.25) is 0 Å². The first-order chi connectivity index (χ1) is 7.70. The summed E-state index contributed by atoms with van der Waals surface area (Å²) in [6, 6.07) is 6.80. The number of aromatic nitrogens is 1. The maximum atomic E-state index is 5.77. The zero-order chi connectivity index (χ0) is 11.5. The molecule has 2 unspecified atom stereocenters. The van der Waals surface area contributed by atoms with Crippen LogP contribution < -0.4 is 10.6 Å². The normalized spacial score (nSPS) is 25.8. The first-order valence-corrected chi connectivity index (χ1v) is 6.11. The summed E-state index contributed by atoms with van der Waals surface area (Å²) in [6.45, 7) is 6.15. The van der Waals surface area contributed by atoms with E-state index in [0.717, 1.165) is 24.6 Å². The molecule has 1 aromatic heterocycles. The van der Waals surface area contributed by atoms with Crippen LogP contribution in [-0.2, 0) is 0 Å². The molecule has 0 bridgehead atoms. The molecule has 2 atom stereocenters. The van der Waals surface area contributed by atoms with E-state index in [1.54, 1.807) is 0 Å². The van der Waals surface area contributed by atoms with E-state index < -0.39 is 0 Å². The highest BCUT2D eigenvalue weighted by Crippen LogP contribution is 2.25. The molecule has 3 nitrogen and oxygen atoms in total. The van der Waals surface area contributed by atoms with Gasteiger partial charge in [-0.15, -0.1) is 0 Å². The molecule has 0 aromatic carbocycles. The van der Waals surface area contributed by atoms with E-state index in [2.05, 4.69) is 28.9 Å². The third-order valence-corrected chi connectivity index (χ3v) is 3.48. The van der Waals surface area contributed by atoms with Gasteiger partial charge >= 0.3 is 0 Å². The Morgan fingerprint density at radius 2 is 2.25 bits per heavy atom. The minimum atomic E-state index is 0.581. The lowest BCUT2D eigenvalue weighted by Gasteiger charge is -2.38. The number of hydrogen-bond donors (Lipinski definition) is 1. The van der Waals surface area contributed by atoms with Crippen LogP contribution >= 0.6 is 0 Å². The van der Waals surface area contributed by atoms with Crippen molar-refractivity contribution in [3.8, 4) is 0 Å². The third kappa shape index (κ3) is 2.35. The second-order valence-electron chi connectivity index (χ2n) is 4.82. The van der Waals surface area contributed by atoms with E-state index in [0.29, 0.717) is 12.0 Å². The van der Waals surface area contributed by atoms with Crippen LogP contribution in [0.5, 0.6) is 0 Å². The zero-order valence-corrected chi connectivity index (χ0v) is 10.2. The van der Waals surface area contributed by atoms with Gasteiger partial charge in [-0.1, -0.05) is 6.07 Å². The molecular formula is C13H21N3. The number of aryl methyl sites for hydroxylation is 1. The molecule has 1 aliphatic rings. The van der Waals surface area contributed by atoms with Crippen molar-refractivity contribution in [3.05, 3.63) is 23.9 Å². The van der Waals surface area contributed by atoms with Gasteiger partial charge < -0.3 is 10.6 Å². The van der Waals surface area contributed by atoms with Gasteiger partial charge in [0.05, 0.1) is 0 Å². The Labute approximate surface area is 97.7 Å². The fourth-order valence-corrected chi connectivity index (χ4v) is 2.38. The van der Waals surface area contributed by atoms with Crippen LogP contribution in [0, 0.1) is 12.8 Å². The van der Waals surface area contributed by atoms with Crippen molar-refractivity contribution in [1.82, 2.24) is 4.98 Å². The first kappa shape index (κ1) is 11.4. The quantitative estimate of drug-likeness (QED) is 0.826. The largest absolute Gasteiger partial charge is 0.354 e. The van der Waals surface area contributed by atoms with Gasteiger partial charge in [-0.05, 0) is 51.3 Å². The fraction of sp³-hybridized carbons (Fsp3) is 0.615. The predicted molar refractivity (Wildman–Crippen MR) is 67.6 cm³/mol. The minimum Gasteiger partial charge on any atom is -0.354 e. The molecule has 2 heterocycles. The lowest BCUT2D eigenvalue weighted by atomic mass is 9.93. The summed E-state index contributed by atoms with van der Waals surface area (Å²) in [5.41, 5.74) is 6.85. The molecule has 0 saturated carbocycles. The topological polar surface area (TPSA) is 42.1 Å². The number of hydrogen-bond acceptors (Lipinski definition) is 3. The summed E-state index contributed by atoms with van der Waals surface area (Å²) in [4.78, 5) is 7.00. The van der Waals surface area contributed by atoms with E-state index in [1.165, 1.54) is 12.8 Å². The second kappa shape index (κ2) is 4.83. The summed E-state index contributed by atoms with van der Waals surface area (Å²) in [5, 5.41) is 0. The van der Waals surface area contributed by atoms with Gasteiger partial charge in [0.25, 0.3) is 0 Å². The maximum absolute atomic E-state index is 5.77. The Hall–Kier alpha value is -1.09. The van der Waals surface area contributed by atoms with Crippen LogP contribution in [0.3, 0.4) is 0 Å². The van der Waals surface area contributed by atoms with Crippen molar-refractivity contribution >= 4 is 5.82 Å². The van der Waals surface area contributed by atoms with E-state index in [1.807, 2.05) is 13.0 Å². The van der Waals surface area contributed by atoms with Gasteiger partial charge in [-0.2, -0.15) is 0 Å². The Balaban J connectivity index is 2.17. The molecule has 0 aliphatic carbocycles. The summed E-state index contributed by atoms with van der Waals surface area (Å²) < 4.78 is 0. The van der Waals surface area contributed by atoms with Gasteiger partial charge in [-0.25, -0.2) is 4.98 Å². The van der Waals surface area contributed by atoms with Crippen LogP contribution in [0.15, 0.2) is 18.2 Å². The molecule has 2 N–H and O–H groups in total. The standard InChI is InChI=1S/C13H21N3/c1-10-4-3-5-13(15-10)16-9-12(8-14)7-6-11(16)2/h3-5,11-12H,6-9,14H2,1-2H3. The second-order valence-corrected chi connectivity index (χ2v) is 4.82. The van der Waals surface area contributed by atoms with Crippen molar-refractivity contribution in [2.75, 3.05) is 18.0 Å². The molecule has 16 heavy (non-hydrogen) atoms. The van der Waals surface area contributed by atoms with Crippen molar-refractivity contribution in [1.29, 1.82) is 0 Å². The SMILES string of the molecule is Cc1cccc(N2CC(CN)CCC2C)n1. The highest BCUT2D eigenvalue weighted by atomic mass is 15.2. The van der Waals surface area contributed by atoms with Gasteiger partial charge in [0.15, 0.2) is 0 Å². The van der Waals surface area contributed by atoms with Gasteiger partial charge in [0.1, 0.15) is 5.82 Å². The van der Waals surface area contributed by atoms with Crippen molar-refractivity contribution in [2.24, 2.45) is 11.7 Å². The number of nitrogens with zero attached hydrogens (tertiary/aromatic N) is 2. The Bertz CT molecular complexity index is 351. The van der Waals surface area contributed by atoms with Crippen molar-refractivity contribution in [3.63, 3.8) is 0 Å². The number of rotatable bonds is 2. The van der Waals surface area contributed by atoms with Crippen LogP contribution in [-0.4, -0.2) is 24.1 Å². The van der Waals surface area contributed by atoms with E-state index in [9.17, 15) is 0 Å². The van der Waals surface area contributed by atoms with Crippen LogP contribution in [0.4, 0.5) is 5.82 Å². The first-order valence-electron chi connectivity index (χ1n) is 6.11. The summed E-state index contributed by atoms with van der Waals surface area (Å²) in [5.74, 6) is 1.73. The number of anilines is 1. The molecule has 88 valence electrons. The third-order valence-electron chi connectivity index (χ3n) is 3.48. The molecule has 3 heteroatoms. The summed E-state index contributed by atoms with van der Waals surface area (Å²) >= 11 is 0. The monoisotopic (exact) mass is 219 g/mol. The van der Waals surface area contributed by atoms with Crippen LogP contribution in [0.25, 0.3) is 0 Å². The van der Waals surface area contributed by atoms with E-state index in [4.69, 9.17) is 5.73 Å². The highest BCUT2D eigenvalue weighted by Gasteiger charge is 2.25. The average Bonchev–Trinajstić information content (AvgIpc) is 2.30. The Morgan fingerprint density at radius 3 is 2.94 bits per heavy atom. The highest BCUT2D eigenvalue weighted by molar-refractivity contribution is 5.41. The van der Waals surface area contributed by atoms with Crippen LogP contribution in [0.2, 0.25) is 0 Å². The summed E-state index contributed by atoms with van der Waals surface area (Å²) in [7, 11) is 0. The molecule has 0 amide bonds. The number of pyridine rings is 1. The molecule has 0 spiro atoms. The molecule has 0 radical (unpaired) electrons. The van der Waals surface area contributed by atoms with Crippen molar-refractivity contribution < 1.29 is 0 Å².